The van der Waals surface area contributed by atoms with Crippen molar-refractivity contribution in [3.8, 4) is 0 Å². The quantitative estimate of drug-likeness (QED) is 0.373. The van der Waals surface area contributed by atoms with Crippen molar-refractivity contribution < 1.29 is 19.3 Å². The monoisotopic (exact) mass is 374 g/mol. The smallest absolute Gasteiger partial charge is 0.280 e. The van der Waals surface area contributed by atoms with Gasteiger partial charge in [-0.2, -0.15) is 4.98 Å². The molecule has 4 atom stereocenters. The van der Waals surface area contributed by atoms with E-state index in [0.717, 1.165) is 10.9 Å². The van der Waals surface area contributed by atoms with Crippen LogP contribution in [0.4, 0.5) is 10.3 Å². The van der Waals surface area contributed by atoms with E-state index in [1.165, 1.54) is 6.34 Å². The second-order valence-corrected chi connectivity index (χ2v) is 6.33. The second kappa shape index (κ2) is 6.33. The van der Waals surface area contributed by atoms with Crippen LogP contribution < -0.4 is 5.56 Å². The number of aromatic nitrogens is 4. The first-order valence-corrected chi connectivity index (χ1v) is 7.63. The van der Waals surface area contributed by atoms with Crippen LogP contribution in [0.15, 0.2) is 16.1 Å². The Morgan fingerprint density at radius 2 is 2.36 bits per heavy atom. The van der Waals surface area contributed by atoms with Crippen molar-refractivity contribution in [2.45, 2.75) is 23.6 Å². The van der Waals surface area contributed by atoms with E-state index in [9.17, 15) is 19.4 Å². The lowest BCUT2D eigenvalue weighted by Gasteiger charge is -2.22. The van der Waals surface area contributed by atoms with Gasteiger partial charge in [-0.1, -0.05) is 11.6 Å². The minimum absolute atomic E-state index is 0.0203. The molecular formula is C13H16ClFN6O4. The van der Waals surface area contributed by atoms with Gasteiger partial charge in [0, 0.05) is 14.1 Å². The lowest BCUT2D eigenvalue weighted by Crippen LogP contribution is -2.38. The summed E-state index contributed by atoms with van der Waals surface area (Å²) in [6.45, 7) is -0.630. The molecule has 0 radical (unpaired) electrons. The molecule has 1 aliphatic rings. The molecule has 2 aromatic rings. The van der Waals surface area contributed by atoms with E-state index in [-0.39, 0.29) is 17.1 Å². The molecule has 0 bridgehead atoms. The number of hydrogen-bond donors (Lipinski definition) is 3. The molecule has 3 N–H and O–H groups in total. The molecule has 10 nitrogen and oxygen atoms in total. The number of nitrogens with zero attached hydrogens (tertiary/aromatic N) is 5. The molecular weight excluding hydrogens is 359 g/mol. The maximum Gasteiger partial charge on any atom is 0.280 e. The zero-order valence-electron chi connectivity index (χ0n) is 13.3. The molecule has 3 heterocycles. The summed E-state index contributed by atoms with van der Waals surface area (Å²) >= 11 is 5.78. The number of imidazole rings is 1. The van der Waals surface area contributed by atoms with Crippen molar-refractivity contribution in [2.75, 3.05) is 20.7 Å². The van der Waals surface area contributed by atoms with Crippen molar-refractivity contribution >= 4 is 35.1 Å². The maximum absolute atomic E-state index is 14.7. The number of aliphatic imine (C=N–C) groups is 1. The van der Waals surface area contributed by atoms with Crippen LogP contribution in [0.2, 0.25) is 0 Å². The Morgan fingerprint density at radius 1 is 1.64 bits per heavy atom. The van der Waals surface area contributed by atoms with Gasteiger partial charge < -0.3 is 19.8 Å². The van der Waals surface area contributed by atoms with Gasteiger partial charge in [0.15, 0.2) is 17.4 Å². The van der Waals surface area contributed by atoms with E-state index < -0.39 is 35.7 Å². The minimum atomic E-state index is -2.74. The number of aliphatic hydroxyl groups excluding tert-OH is 2. The summed E-state index contributed by atoms with van der Waals surface area (Å²) in [7, 11) is 3.47. The van der Waals surface area contributed by atoms with Gasteiger partial charge in [0.1, 0.15) is 12.2 Å². The summed E-state index contributed by atoms with van der Waals surface area (Å²) in [5.41, 5.74) is -0.666. The largest absolute Gasteiger partial charge is 0.394 e. The standard InChI is InChI=1S/C13H16ClFN6O4/c1-20(2)4-17-12-18-9-7(10(24)19-12)16-5-21(9)11-13(14,15)8(23)6(3-22)25-11/h4-6,8,11,22-23H,3H2,1-2H3,(H,18,19,24)/b17-4+/t6-,8-,11-,13-/m1/s1. The molecule has 0 aliphatic carbocycles. The van der Waals surface area contributed by atoms with Gasteiger partial charge in [0.05, 0.1) is 19.3 Å². The third-order valence-electron chi connectivity index (χ3n) is 3.64. The molecule has 1 fully saturated rings. The van der Waals surface area contributed by atoms with Crippen LogP contribution in [-0.2, 0) is 4.74 Å². The predicted octanol–water partition coefficient (Wildman–Crippen LogP) is -0.504. The van der Waals surface area contributed by atoms with E-state index in [0.29, 0.717) is 0 Å². The Kier molecular flexibility index (Phi) is 4.49. The number of alkyl halides is 2. The number of aromatic amines is 1. The van der Waals surface area contributed by atoms with E-state index in [1.807, 2.05) is 0 Å². The van der Waals surface area contributed by atoms with Gasteiger partial charge in [0.2, 0.25) is 5.95 Å². The molecule has 0 unspecified atom stereocenters. The summed E-state index contributed by atoms with van der Waals surface area (Å²) in [6.07, 6.45) is -1.98. The third-order valence-corrected chi connectivity index (χ3v) is 4.05. The number of aliphatic hydroxyl groups is 2. The number of fused-ring (bicyclic) bond motifs is 1. The highest BCUT2D eigenvalue weighted by atomic mass is 35.5. The Labute approximate surface area is 145 Å². The summed E-state index contributed by atoms with van der Waals surface area (Å²) < 4.78 is 21.1. The van der Waals surface area contributed by atoms with Crippen molar-refractivity contribution in [2.24, 2.45) is 4.99 Å². The Morgan fingerprint density at radius 3 is 2.96 bits per heavy atom. The van der Waals surface area contributed by atoms with Gasteiger partial charge in [0.25, 0.3) is 10.7 Å². The van der Waals surface area contributed by atoms with E-state index in [1.54, 1.807) is 19.0 Å². The maximum atomic E-state index is 14.7. The number of halogens is 2. The van der Waals surface area contributed by atoms with Gasteiger partial charge in [-0.05, 0) is 0 Å². The molecule has 2 aromatic heterocycles. The molecule has 0 saturated carbocycles. The molecule has 12 heteroatoms. The first kappa shape index (κ1) is 17.7. The van der Waals surface area contributed by atoms with Crippen LogP contribution in [0.5, 0.6) is 0 Å². The average molecular weight is 375 g/mol. The fourth-order valence-corrected chi connectivity index (χ4v) is 2.73. The van der Waals surface area contributed by atoms with Crippen molar-refractivity contribution in [1.29, 1.82) is 0 Å². The average Bonchev–Trinajstić information content (AvgIpc) is 3.06. The molecule has 0 aromatic carbocycles. The van der Waals surface area contributed by atoms with Crippen LogP contribution in [-0.4, -0.2) is 79.0 Å². The number of ether oxygens (including phenoxy) is 1. The fourth-order valence-electron chi connectivity index (χ4n) is 2.44. The van der Waals surface area contributed by atoms with Gasteiger partial charge in [-0.15, -0.1) is 0 Å². The minimum Gasteiger partial charge on any atom is -0.394 e. The molecule has 1 saturated heterocycles. The molecule has 136 valence electrons. The zero-order chi connectivity index (χ0) is 18.4. The fraction of sp³-hybridized carbons (Fsp3) is 0.538. The summed E-state index contributed by atoms with van der Waals surface area (Å²) in [6, 6.07) is 0. The number of rotatable bonds is 4. The number of H-pyrrole nitrogens is 1. The van der Waals surface area contributed by atoms with Gasteiger partial charge in [-0.25, -0.2) is 14.4 Å². The third kappa shape index (κ3) is 2.99. The first-order valence-electron chi connectivity index (χ1n) is 7.25. The van der Waals surface area contributed by atoms with Gasteiger partial charge >= 0.3 is 0 Å². The lowest BCUT2D eigenvalue weighted by molar-refractivity contribution is -0.0482. The predicted molar refractivity (Wildman–Crippen MR) is 86.7 cm³/mol. The Hall–Kier alpha value is -2.08. The lowest BCUT2D eigenvalue weighted by atomic mass is 10.1. The highest BCUT2D eigenvalue weighted by molar-refractivity contribution is 6.23. The molecule has 25 heavy (non-hydrogen) atoms. The van der Waals surface area contributed by atoms with E-state index in [2.05, 4.69) is 19.9 Å². The van der Waals surface area contributed by atoms with Crippen molar-refractivity contribution in [3.05, 3.63) is 16.7 Å². The number of nitrogens with one attached hydrogen (secondary N) is 1. The van der Waals surface area contributed by atoms with Crippen LogP contribution >= 0.6 is 11.6 Å². The normalized spacial score (nSPS) is 29.8. The van der Waals surface area contributed by atoms with Crippen molar-refractivity contribution in [3.63, 3.8) is 0 Å². The second-order valence-electron chi connectivity index (χ2n) is 5.75. The molecule has 1 aliphatic heterocycles. The molecule has 0 amide bonds. The summed E-state index contributed by atoms with van der Waals surface area (Å²) in [5.74, 6) is -0.0239. The topological polar surface area (TPSA) is 129 Å². The Bertz CT molecular complexity index is 866. The molecule has 3 rings (SSSR count). The summed E-state index contributed by atoms with van der Waals surface area (Å²) in [4.78, 5) is 28.2. The van der Waals surface area contributed by atoms with Crippen LogP contribution in [0.1, 0.15) is 6.23 Å². The first-order chi connectivity index (χ1) is 11.8. The van der Waals surface area contributed by atoms with Gasteiger partial charge in [-0.3, -0.25) is 14.3 Å². The summed E-state index contributed by atoms with van der Waals surface area (Å²) in [5, 5.41) is 16.3. The SMILES string of the molecule is CN(C)/C=N/c1nc2c(ncn2[C@@H]2O[C@H](CO)[C@@H](O)[C@]2(F)Cl)c(=O)[nH]1. The van der Waals surface area contributed by atoms with Crippen LogP contribution in [0, 0.1) is 0 Å². The van der Waals surface area contributed by atoms with Crippen LogP contribution in [0.25, 0.3) is 11.2 Å². The van der Waals surface area contributed by atoms with Crippen LogP contribution in [0.3, 0.4) is 0 Å². The Balaban J connectivity index is 2.10. The van der Waals surface area contributed by atoms with E-state index in [4.69, 9.17) is 16.3 Å². The van der Waals surface area contributed by atoms with E-state index >= 15 is 0 Å². The van der Waals surface area contributed by atoms with Crippen molar-refractivity contribution in [1.82, 2.24) is 24.4 Å². The highest BCUT2D eigenvalue weighted by Crippen LogP contribution is 2.45. The highest BCUT2D eigenvalue weighted by Gasteiger charge is 2.57. The zero-order valence-corrected chi connectivity index (χ0v) is 14.1. The number of hydrogen-bond acceptors (Lipinski definition) is 7. The molecule has 0 spiro atoms.